The van der Waals surface area contributed by atoms with Crippen LogP contribution in [0.4, 0.5) is 5.69 Å². The van der Waals surface area contributed by atoms with Crippen LogP contribution in [0.15, 0.2) is 48.5 Å². The molecule has 1 amide bonds. The van der Waals surface area contributed by atoms with E-state index < -0.39 is 0 Å². The van der Waals surface area contributed by atoms with Crippen LogP contribution >= 0.6 is 11.6 Å². The van der Waals surface area contributed by atoms with Crippen molar-refractivity contribution in [3.8, 4) is 5.75 Å². The van der Waals surface area contributed by atoms with Crippen LogP contribution in [-0.4, -0.2) is 49.6 Å². The molecule has 0 saturated carbocycles. The van der Waals surface area contributed by atoms with Crippen LogP contribution in [0, 0.1) is 0 Å². The number of halogens is 1. The van der Waals surface area contributed by atoms with Crippen LogP contribution in [0.5, 0.6) is 5.75 Å². The van der Waals surface area contributed by atoms with Gasteiger partial charge in [0.2, 0.25) is 5.91 Å². The number of piperidine rings is 1. The highest BCUT2D eigenvalue weighted by Gasteiger charge is 2.29. The lowest BCUT2D eigenvalue weighted by atomic mass is 10.1. The van der Waals surface area contributed by atoms with Crippen molar-refractivity contribution in [3.05, 3.63) is 59.1 Å². The molecule has 0 bridgehead atoms. The third-order valence-corrected chi connectivity index (χ3v) is 6.38. The van der Waals surface area contributed by atoms with E-state index in [-0.39, 0.29) is 11.9 Å². The van der Waals surface area contributed by atoms with Gasteiger partial charge in [0, 0.05) is 18.1 Å². The highest BCUT2D eigenvalue weighted by Crippen LogP contribution is 2.37. The van der Waals surface area contributed by atoms with Gasteiger partial charge in [0.15, 0.2) is 0 Å². The molecule has 1 saturated heterocycles. The maximum Gasteiger partial charge on any atom is 0.222 e. The van der Waals surface area contributed by atoms with Crippen molar-refractivity contribution in [1.29, 1.82) is 0 Å². The Morgan fingerprint density at radius 2 is 1.90 bits per heavy atom. The number of anilines is 1. The van der Waals surface area contributed by atoms with E-state index in [1.807, 2.05) is 36.4 Å². The van der Waals surface area contributed by atoms with Gasteiger partial charge in [-0.3, -0.25) is 4.79 Å². The Labute approximate surface area is 190 Å². The van der Waals surface area contributed by atoms with Crippen molar-refractivity contribution in [2.45, 2.75) is 44.7 Å². The Balaban J connectivity index is 1.35. The number of nitrogens with zero attached hydrogens (tertiary/aromatic N) is 2. The summed E-state index contributed by atoms with van der Waals surface area (Å²) in [6.07, 6.45) is 5.36. The van der Waals surface area contributed by atoms with Gasteiger partial charge < -0.3 is 19.9 Å². The summed E-state index contributed by atoms with van der Waals surface area (Å²) in [5.74, 6) is 0.898. The molecule has 2 aromatic rings. The first-order valence-electron chi connectivity index (χ1n) is 11.4. The van der Waals surface area contributed by atoms with Gasteiger partial charge in [-0.15, -0.1) is 0 Å². The number of carbonyl (C=O) groups excluding carboxylic acids is 1. The fourth-order valence-electron chi connectivity index (χ4n) is 4.47. The molecule has 1 atom stereocenters. The minimum Gasteiger partial charge on any atom is -0.489 e. The summed E-state index contributed by atoms with van der Waals surface area (Å²) >= 11 is 6.28. The highest BCUT2D eigenvalue weighted by atomic mass is 35.5. The van der Waals surface area contributed by atoms with E-state index in [0.29, 0.717) is 24.6 Å². The number of rotatable bonds is 8. The van der Waals surface area contributed by atoms with E-state index in [1.54, 1.807) is 0 Å². The summed E-state index contributed by atoms with van der Waals surface area (Å²) in [7, 11) is 0. The minimum absolute atomic E-state index is 0.0340. The summed E-state index contributed by atoms with van der Waals surface area (Å²) < 4.78 is 5.98. The molecule has 0 aromatic heterocycles. The predicted molar refractivity (Wildman–Crippen MR) is 126 cm³/mol. The molecule has 0 aliphatic carbocycles. The molecule has 2 aliphatic rings. The third-order valence-electron chi connectivity index (χ3n) is 6.14. The quantitative estimate of drug-likeness (QED) is 0.613. The number of ether oxygens (including phenoxy) is 1. The Bertz CT molecular complexity index is 855. The number of hydrogen-bond donors (Lipinski definition) is 1. The lowest BCUT2D eigenvalue weighted by molar-refractivity contribution is -0.121. The molecular formula is C25H32ClN3O2. The van der Waals surface area contributed by atoms with Crippen molar-refractivity contribution >= 4 is 23.2 Å². The molecule has 1 unspecified atom stereocenters. The molecule has 1 N–H and O–H groups in total. The Morgan fingerprint density at radius 3 is 2.71 bits per heavy atom. The van der Waals surface area contributed by atoms with Crippen LogP contribution in [0.2, 0.25) is 5.02 Å². The molecule has 1 fully saturated rings. The number of amides is 1. The standard InChI is InChI=1S/C25H32ClN3O2/c26-21-10-11-24-23(16-21)29(18-20-8-3-1-4-9-20)22(19-31-24)17-25(30)27-12-7-15-28-13-5-2-6-14-28/h1,3-4,8-11,16,22H,2,5-7,12-15,17-19H2,(H,27,30). The fourth-order valence-corrected chi connectivity index (χ4v) is 4.64. The first-order valence-corrected chi connectivity index (χ1v) is 11.8. The second kappa shape index (κ2) is 10.9. The van der Waals surface area contributed by atoms with E-state index in [9.17, 15) is 4.79 Å². The van der Waals surface area contributed by atoms with E-state index >= 15 is 0 Å². The van der Waals surface area contributed by atoms with Gasteiger partial charge in [0.05, 0.1) is 18.2 Å². The summed E-state index contributed by atoms with van der Waals surface area (Å²) in [6, 6.07) is 16.0. The van der Waals surface area contributed by atoms with Crippen molar-refractivity contribution in [3.63, 3.8) is 0 Å². The van der Waals surface area contributed by atoms with Gasteiger partial charge in [-0.25, -0.2) is 0 Å². The first kappa shape index (κ1) is 22.0. The lowest BCUT2D eigenvalue weighted by Gasteiger charge is -2.38. The van der Waals surface area contributed by atoms with Crippen LogP contribution < -0.4 is 15.0 Å². The van der Waals surface area contributed by atoms with E-state index in [0.717, 1.165) is 30.9 Å². The molecule has 0 spiro atoms. The summed E-state index contributed by atoms with van der Waals surface area (Å²) in [5.41, 5.74) is 2.15. The largest absolute Gasteiger partial charge is 0.489 e. The maximum atomic E-state index is 12.7. The number of carbonyl (C=O) groups is 1. The van der Waals surface area contributed by atoms with Crippen LogP contribution in [0.25, 0.3) is 0 Å². The molecule has 31 heavy (non-hydrogen) atoms. The van der Waals surface area contributed by atoms with Crippen LogP contribution in [0.1, 0.15) is 37.7 Å². The molecule has 2 aliphatic heterocycles. The second-order valence-corrected chi connectivity index (χ2v) is 8.94. The molecule has 4 rings (SSSR count). The summed E-state index contributed by atoms with van der Waals surface area (Å²) in [5, 5.41) is 3.79. The first-order chi connectivity index (χ1) is 15.2. The van der Waals surface area contributed by atoms with Gasteiger partial charge in [-0.2, -0.15) is 0 Å². The SMILES string of the molecule is O=C(CC1COc2ccc(Cl)cc2N1Cc1ccccc1)NCCCN1CCCCC1. The van der Waals surface area contributed by atoms with E-state index in [1.165, 1.54) is 37.9 Å². The van der Waals surface area contributed by atoms with E-state index in [4.69, 9.17) is 16.3 Å². The Kier molecular flexibility index (Phi) is 7.71. The zero-order valence-corrected chi connectivity index (χ0v) is 18.8. The van der Waals surface area contributed by atoms with Gasteiger partial charge in [0.1, 0.15) is 12.4 Å². The normalized spacial score (nSPS) is 18.9. The molecule has 166 valence electrons. The maximum absolute atomic E-state index is 12.7. The number of benzene rings is 2. The predicted octanol–water partition coefficient (Wildman–Crippen LogP) is 4.49. The average Bonchev–Trinajstić information content (AvgIpc) is 2.80. The minimum atomic E-state index is -0.0340. The summed E-state index contributed by atoms with van der Waals surface area (Å²) in [4.78, 5) is 17.5. The smallest absolute Gasteiger partial charge is 0.222 e. The van der Waals surface area contributed by atoms with Gasteiger partial charge in [-0.05, 0) is 62.7 Å². The van der Waals surface area contributed by atoms with Gasteiger partial charge in [0.25, 0.3) is 0 Å². The van der Waals surface area contributed by atoms with Gasteiger partial charge in [-0.1, -0.05) is 48.4 Å². The number of nitrogens with one attached hydrogen (secondary N) is 1. The average molecular weight is 442 g/mol. The van der Waals surface area contributed by atoms with Crippen molar-refractivity contribution < 1.29 is 9.53 Å². The van der Waals surface area contributed by atoms with Gasteiger partial charge >= 0.3 is 0 Å². The van der Waals surface area contributed by atoms with Crippen LogP contribution in [0.3, 0.4) is 0 Å². The van der Waals surface area contributed by atoms with Crippen molar-refractivity contribution in [2.24, 2.45) is 0 Å². The third kappa shape index (κ3) is 6.14. The number of likely N-dealkylation sites (tertiary alicyclic amines) is 1. The zero-order valence-electron chi connectivity index (χ0n) is 18.1. The Morgan fingerprint density at radius 1 is 1.10 bits per heavy atom. The fraction of sp³-hybridized carbons (Fsp3) is 0.480. The van der Waals surface area contributed by atoms with E-state index in [2.05, 4.69) is 27.2 Å². The molecule has 2 heterocycles. The zero-order chi connectivity index (χ0) is 21.5. The van der Waals surface area contributed by atoms with Crippen molar-refractivity contribution in [2.75, 3.05) is 37.7 Å². The molecule has 0 radical (unpaired) electrons. The molecule has 5 nitrogen and oxygen atoms in total. The second-order valence-electron chi connectivity index (χ2n) is 8.50. The molecule has 6 heteroatoms. The monoisotopic (exact) mass is 441 g/mol. The summed E-state index contributed by atoms with van der Waals surface area (Å²) in [6.45, 7) is 5.39. The lowest BCUT2D eigenvalue weighted by Crippen LogP contribution is -2.45. The number of fused-ring (bicyclic) bond motifs is 1. The molecular weight excluding hydrogens is 410 g/mol. The highest BCUT2D eigenvalue weighted by molar-refractivity contribution is 6.31. The van der Waals surface area contributed by atoms with Crippen LogP contribution in [-0.2, 0) is 11.3 Å². The topological polar surface area (TPSA) is 44.8 Å². The van der Waals surface area contributed by atoms with Crippen molar-refractivity contribution in [1.82, 2.24) is 10.2 Å². The Hall–Kier alpha value is -2.24. The number of hydrogen-bond acceptors (Lipinski definition) is 4. The molecule has 2 aromatic carbocycles.